The third-order valence-corrected chi connectivity index (χ3v) is 2.69. The van der Waals surface area contributed by atoms with E-state index in [9.17, 15) is 9.59 Å². The first-order valence-corrected chi connectivity index (χ1v) is 6.72. The average molecular weight is 288 g/mol. The first-order valence-electron chi connectivity index (χ1n) is 6.72. The maximum Gasteiger partial charge on any atom is 0.238 e. The largest absolute Gasteiger partial charge is 0.369 e. The molecule has 0 aliphatic carbocycles. The number of anilines is 1. The Balaban J connectivity index is 2.69. The number of carbonyl (C=O) groups is 2. The molecule has 112 valence electrons. The zero-order chi connectivity index (χ0) is 15.8. The van der Waals surface area contributed by atoms with E-state index in [4.69, 9.17) is 11.0 Å². The van der Waals surface area contributed by atoms with Crippen molar-refractivity contribution in [1.82, 2.24) is 4.90 Å². The van der Waals surface area contributed by atoms with Crippen LogP contribution in [0, 0.1) is 17.2 Å². The van der Waals surface area contributed by atoms with E-state index >= 15 is 0 Å². The van der Waals surface area contributed by atoms with Gasteiger partial charge in [0.15, 0.2) is 0 Å². The maximum atomic E-state index is 12.0. The van der Waals surface area contributed by atoms with E-state index in [2.05, 4.69) is 5.32 Å². The van der Waals surface area contributed by atoms with E-state index in [1.165, 1.54) is 0 Å². The molecule has 2 amide bonds. The van der Waals surface area contributed by atoms with Gasteiger partial charge in [-0.2, -0.15) is 5.26 Å². The summed E-state index contributed by atoms with van der Waals surface area (Å²) in [4.78, 5) is 24.8. The van der Waals surface area contributed by atoms with Crippen LogP contribution in [0.2, 0.25) is 0 Å². The monoisotopic (exact) mass is 288 g/mol. The minimum atomic E-state index is -0.471. The van der Waals surface area contributed by atoms with Crippen molar-refractivity contribution in [1.29, 1.82) is 5.26 Å². The lowest BCUT2D eigenvalue weighted by atomic mass is 10.2. The lowest BCUT2D eigenvalue weighted by Crippen LogP contribution is -2.41. The summed E-state index contributed by atoms with van der Waals surface area (Å²) in [6.07, 6.45) is 0. The molecule has 0 radical (unpaired) electrons. The van der Waals surface area contributed by atoms with Crippen LogP contribution >= 0.6 is 0 Å². The fourth-order valence-corrected chi connectivity index (χ4v) is 2.00. The zero-order valence-corrected chi connectivity index (χ0v) is 12.3. The first kappa shape index (κ1) is 16.7. The van der Waals surface area contributed by atoms with Gasteiger partial charge in [0, 0.05) is 6.54 Å². The van der Waals surface area contributed by atoms with Gasteiger partial charge in [0.2, 0.25) is 11.8 Å². The second kappa shape index (κ2) is 8.02. The standard InChI is InChI=1S/C15H20N4O2/c1-11(2)8-19(9-14(17)20)10-15(21)18-13-6-4-3-5-12(13)7-16/h3-6,11H,8-10H2,1-2H3,(H2,17,20)(H,18,21). The van der Waals surface area contributed by atoms with Crippen LogP contribution in [0.15, 0.2) is 24.3 Å². The van der Waals surface area contributed by atoms with Crippen LogP contribution in [0.25, 0.3) is 0 Å². The van der Waals surface area contributed by atoms with Crippen molar-refractivity contribution in [3.05, 3.63) is 29.8 Å². The van der Waals surface area contributed by atoms with Gasteiger partial charge >= 0.3 is 0 Å². The van der Waals surface area contributed by atoms with Crippen LogP contribution in [-0.2, 0) is 9.59 Å². The van der Waals surface area contributed by atoms with E-state index in [-0.39, 0.29) is 19.0 Å². The number of para-hydroxylation sites is 1. The number of hydrogen-bond donors (Lipinski definition) is 2. The molecule has 0 atom stereocenters. The SMILES string of the molecule is CC(C)CN(CC(N)=O)CC(=O)Nc1ccccc1C#N. The number of amides is 2. The molecular formula is C15H20N4O2. The predicted molar refractivity (Wildman–Crippen MR) is 80.3 cm³/mol. The average Bonchev–Trinajstić information content (AvgIpc) is 2.37. The predicted octanol–water partition coefficient (Wildman–Crippen LogP) is 0.940. The summed E-state index contributed by atoms with van der Waals surface area (Å²) in [6, 6.07) is 8.78. The number of hydrogen-bond acceptors (Lipinski definition) is 4. The number of nitrogens with zero attached hydrogens (tertiary/aromatic N) is 2. The summed E-state index contributed by atoms with van der Waals surface area (Å²) in [5.74, 6) is -0.441. The summed E-state index contributed by atoms with van der Waals surface area (Å²) < 4.78 is 0. The molecule has 6 nitrogen and oxygen atoms in total. The van der Waals surface area contributed by atoms with Gasteiger partial charge in [-0.3, -0.25) is 14.5 Å². The van der Waals surface area contributed by atoms with E-state index < -0.39 is 5.91 Å². The van der Waals surface area contributed by atoms with Crippen molar-refractivity contribution in [3.8, 4) is 6.07 Å². The quantitative estimate of drug-likeness (QED) is 0.780. The molecule has 0 unspecified atom stereocenters. The minimum Gasteiger partial charge on any atom is -0.369 e. The van der Waals surface area contributed by atoms with E-state index in [0.717, 1.165) is 0 Å². The van der Waals surface area contributed by atoms with Gasteiger partial charge in [-0.25, -0.2) is 0 Å². The molecule has 0 aromatic heterocycles. The molecule has 0 fully saturated rings. The normalized spacial score (nSPS) is 10.4. The third kappa shape index (κ3) is 6.06. The summed E-state index contributed by atoms with van der Waals surface area (Å²) in [5, 5.41) is 11.7. The Labute approximate surface area is 124 Å². The number of benzene rings is 1. The van der Waals surface area contributed by atoms with Crippen molar-refractivity contribution in [2.24, 2.45) is 11.7 Å². The van der Waals surface area contributed by atoms with Crippen LogP contribution in [0.1, 0.15) is 19.4 Å². The molecule has 0 aliphatic heterocycles. The van der Waals surface area contributed by atoms with E-state index in [1.54, 1.807) is 29.2 Å². The van der Waals surface area contributed by atoms with Crippen LogP contribution < -0.4 is 11.1 Å². The highest BCUT2D eigenvalue weighted by Gasteiger charge is 2.15. The molecular weight excluding hydrogens is 268 g/mol. The van der Waals surface area contributed by atoms with Crippen molar-refractivity contribution in [3.63, 3.8) is 0 Å². The summed E-state index contributed by atoms with van der Waals surface area (Å²) >= 11 is 0. The van der Waals surface area contributed by atoms with Crippen molar-refractivity contribution < 1.29 is 9.59 Å². The van der Waals surface area contributed by atoms with Gasteiger partial charge in [-0.1, -0.05) is 26.0 Å². The molecule has 21 heavy (non-hydrogen) atoms. The van der Waals surface area contributed by atoms with Gasteiger partial charge in [-0.05, 0) is 18.1 Å². The number of nitriles is 1. The van der Waals surface area contributed by atoms with Crippen LogP contribution in [0.5, 0.6) is 0 Å². The molecule has 1 rings (SSSR count). The molecule has 1 aromatic rings. The number of primary amides is 1. The molecule has 0 saturated carbocycles. The summed E-state index contributed by atoms with van der Waals surface area (Å²) in [6.45, 7) is 4.68. The molecule has 0 bridgehead atoms. The Morgan fingerprint density at radius 2 is 2.00 bits per heavy atom. The second-order valence-corrected chi connectivity index (χ2v) is 5.24. The summed E-state index contributed by atoms with van der Waals surface area (Å²) in [5.41, 5.74) is 6.05. The van der Waals surface area contributed by atoms with E-state index in [1.807, 2.05) is 19.9 Å². The number of carbonyl (C=O) groups excluding carboxylic acids is 2. The first-order chi connectivity index (χ1) is 9.92. The van der Waals surface area contributed by atoms with Crippen molar-refractivity contribution in [2.45, 2.75) is 13.8 Å². The Hall–Kier alpha value is -2.39. The molecule has 0 heterocycles. The number of nitrogens with one attached hydrogen (secondary N) is 1. The minimum absolute atomic E-state index is 0.0332. The summed E-state index contributed by atoms with van der Waals surface area (Å²) in [7, 11) is 0. The van der Waals surface area contributed by atoms with Gasteiger partial charge in [-0.15, -0.1) is 0 Å². The lowest BCUT2D eigenvalue weighted by molar-refractivity contribution is -0.121. The molecule has 0 spiro atoms. The highest BCUT2D eigenvalue weighted by Crippen LogP contribution is 2.13. The van der Waals surface area contributed by atoms with Crippen LogP contribution in [0.3, 0.4) is 0 Å². The molecule has 0 saturated heterocycles. The fraction of sp³-hybridized carbons (Fsp3) is 0.400. The van der Waals surface area contributed by atoms with Gasteiger partial charge < -0.3 is 11.1 Å². The topological polar surface area (TPSA) is 99.2 Å². The van der Waals surface area contributed by atoms with Crippen LogP contribution in [0.4, 0.5) is 5.69 Å². The van der Waals surface area contributed by atoms with Crippen molar-refractivity contribution in [2.75, 3.05) is 25.0 Å². The van der Waals surface area contributed by atoms with Crippen LogP contribution in [-0.4, -0.2) is 36.3 Å². The Bertz CT molecular complexity index is 549. The Morgan fingerprint density at radius 1 is 1.33 bits per heavy atom. The fourth-order valence-electron chi connectivity index (χ4n) is 2.00. The smallest absolute Gasteiger partial charge is 0.238 e. The Morgan fingerprint density at radius 3 is 2.57 bits per heavy atom. The van der Waals surface area contributed by atoms with Gasteiger partial charge in [0.25, 0.3) is 0 Å². The van der Waals surface area contributed by atoms with E-state index in [0.29, 0.717) is 23.7 Å². The zero-order valence-electron chi connectivity index (χ0n) is 12.3. The number of rotatable bonds is 7. The Kier molecular flexibility index (Phi) is 6.37. The molecule has 1 aromatic carbocycles. The van der Waals surface area contributed by atoms with Gasteiger partial charge in [0.1, 0.15) is 6.07 Å². The lowest BCUT2D eigenvalue weighted by Gasteiger charge is -2.22. The highest BCUT2D eigenvalue weighted by molar-refractivity contribution is 5.93. The van der Waals surface area contributed by atoms with Crippen molar-refractivity contribution >= 4 is 17.5 Å². The molecule has 0 aliphatic rings. The number of nitrogens with two attached hydrogens (primary N) is 1. The molecule has 6 heteroatoms. The third-order valence-electron chi connectivity index (χ3n) is 2.69. The maximum absolute atomic E-state index is 12.0. The molecule has 3 N–H and O–H groups in total. The highest BCUT2D eigenvalue weighted by atomic mass is 16.2. The second-order valence-electron chi connectivity index (χ2n) is 5.24. The van der Waals surface area contributed by atoms with Gasteiger partial charge in [0.05, 0.1) is 24.3 Å².